The van der Waals surface area contributed by atoms with Crippen LogP contribution < -0.4 is 10.2 Å². The van der Waals surface area contributed by atoms with Gasteiger partial charge in [-0.15, -0.1) is 0 Å². The molecule has 0 radical (unpaired) electrons. The number of fused-ring (bicyclic) bond motifs is 1. The van der Waals surface area contributed by atoms with Crippen molar-refractivity contribution in [3.8, 4) is 5.75 Å². The van der Waals surface area contributed by atoms with Crippen LogP contribution in [0.4, 0.5) is 12.9 Å². The topological polar surface area (TPSA) is 9.23 Å². The summed E-state index contributed by atoms with van der Waals surface area (Å²) in [5.74, 6) is -0.158. The summed E-state index contributed by atoms with van der Waals surface area (Å²) in [7, 11) is 0. The molecule has 2 rings (SSSR count). The molecule has 0 aliphatic heterocycles. The fourth-order valence-electron chi connectivity index (χ4n) is 1.96. The highest BCUT2D eigenvalue weighted by molar-refractivity contribution is 6.76. The molecule has 0 aliphatic carbocycles. The van der Waals surface area contributed by atoms with Gasteiger partial charge in [0.1, 0.15) is 6.61 Å². The van der Waals surface area contributed by atoms with Crippen LogP contribution in [0.3, 0.4) is 0 Å². The minimum atomic E-state index is -5.16. The maximum absolute atomic E-state index is 13.3. The number of benzene rings is 2. The molecule has 0 amide bonds. The highest BCUT2D eigenvalue weighted by Crippen LogP contribution is 2.25. The van der Waals surface area contributed by atoms with Crippen LogP contribution in [-0.2, 0) is 0 Å². The van der Waals surface area contributed by atoms with E-state index in [1.165, 1.54) is 17.7 Å². The van der Waals surface area contributed by atoms with Crippen LogP contribution in [0.15, 0.2) is 47.5 Å². The molecule has 2 aromatic carbocycles. The Kier molecular flexibility index (Phi) is 4.28. The van der Waals surface area contributed by atoms with Gasteiger partial charge in [0.2, 0.25) is 0 Å². The molecule has 1 nitrogen and oxygen atoms in total. The lowest BCUT2D eigenvalue weighted by Crippen LogP contribution is -2.36. The standard InChI is InChI=1S/C14H12BClF3O/c1-10(8-16)9-20-13-7-6-11-4-2-3-5-12(11)14(13)15(17,18)19/h2-8H,9H2,1H3/q-1/b10-8-. The first-order valence-corrected chi connectivity index (χ1v) is 6.47. The molecule has 0 heterocycles. The molecule has 0 atom stereocenters. The Bertz CT molecular complexity index is 652. The van der Waals surface area contributed by atoms with Crippen molar-refractivity contribution in [2.24, 2.45) is 0 Å². The van der Waals surface area contributed by atoms with Crippen LogP contribution in [-0.4, -0.2) is 13.6 Å². The number of halogens is 4. The average molecular weight is 300 g/mol. The fourth-order valence-corrected chi connectivity index (χ4v) is 2.03. The van der Waals surface area contributed by atoms with Gasteiger partial charge in [-0.05, 0) is 29.3 Å². The molecule has 0 N–H and O–H groups in total. The first kappa shape index (κ1) is 14.8. The summed E-state index contributed by atoms with van der Waals surface area (Å²) in [5.41, 5.74) is 1.25. The zero-order valence-corrected chi connectivity index (χ0v) is 11.5. The Morgan fingerprint density at radius 2 is 1.90 bits per heavy atom. The molecule has 0 saturated heterocycles. The lowest BCUT2D eigenvalue weighted by Gasteiger charge is -2.22. The third-order valence-electron chi connectivity index (χ3n) is 2.90. The minimum absolute atomic E-state index is 0.0288. The molecular weight excluding hydrogens is 287 g/mol. The van der Waals surface area contributed by atoms with E-state index in [0.29, 0.717) is 11.0 Å². The SMILES string of the molecule is C/C(=C/Cl)COc1ccc2ccccc2c1[B-](F)(F)F. The average Bonchev–Trinajstić information content (AvgIpc) is 2.42. The summed E-state index contributed by atoms with van der Waals surface area (Å²) in [6.07, 6.45) is 0. The molecule has 2 aromatic rings. The first-order chi connectivity index (χ1) is 9.43. The zero-order chi connectivity index (χ0) is 14.8. The second-order valence-corrected chi connectivity index (χ2v) is 4.74. The van der Waals surface area contributed by atoms with Crippen LogP contribution >= 0.6 is 11.6 Å². The van der Waals surface area contributed by atoms with Gasteiger partial charge in [0.15, 0.2) is 0 Å². The Balaban J connectivity index is 2.54. The van der Waals surface area contributed by atoms with Crippen molar-refractivity contribution >= 4 is 34.8 Å². The van der Waals surface area contributed by atoms with E-state index in [1.54, 1.807) is 31.2 Å². The van der Waals surface area contributed by atoms with Gasteiger partial charge in [-0.1, -0.05) is 47.4 Å². The van der Waals surface area contributed by atoms with Gasteiger partial charge < -0.3 is 17.7 Å². The van der Waals surface area contributed by atoms with Crippen molar-refractivity contribution in [3.05, 3.63) is 47.5 Å². The highest BCUT2D eigenvalue weighted by atomic mass is 35.5. The molecule has 6 heteroatoms. The largest absolute Gasteiger partial charge is 0.513 e. The lowest BCUT2D eigenvalue weighted by molar-refractivity contribution is 0.353. The quantitative estimate of drug-likeness (QED) is 0.760. The molecule has 0 fully saturated rings. The van der Waals surface area contributed by atoms with E-state index >= 15 is 0 Å². The van der Waals surface area contributed by atoms with E-state index in [-0.39, 0.29) is 17.7 Å². The molecule has 20 heavy (non-hydrogen) atoms. The van der Waals surface area contributed by atoms with Gasteiger partial charge in [-0.25, -0.2) is 0 Å². The molecular formula is C14H12BClF3O-. The van der Waals surface area contributed by atoms with Crippen molar-refractivity contribution in [1.29, 1.82) is 0 Å². The molecule has 0 spiro atoms. The van der Waals surface area contributed by atoms with Gasteiger partial charge in [-0.2, -0.15) is 0 Å². The molecule has 106 valence electrons. The maximum Gasteiger partial charge on any atom is 0.513 e. The molecule has 0 bridgehead atoms. The van der Waals surface area contributed by atoms with E-state index in [1.807, 2.05) is 0 Å². The zero-order valence-electron chi connectivity index (χ0n) is 10.7. The molecule has 0 unspecified atom stereocenters. The third-order valence-corrected chi connectivity index (χ3v) is 3.27. The van der Waals surface area contributed by atoms with E-state index in [2.05, 4.69) is 0 Å². The second kappa shape index (κ2) is 5.79. The summed E-state index contributed by atoms with van der Waals surface area (Å²) < 4.78 is 45.2. The Hall–Kier alpha value is -1.62. The molecule has 0 aliphatic rings. The first-order valence-electron chi connectivity index (χ1n) is 6.03. The van der Waals surface area contributed by atoms with E-state index in [9.17, 15) is 12.9 Å². The van der Waals surface area contributed by atoms with E-state index in [4.69, 9.17) is 16.3 Å². The van der Waals surface area contributed by atoms with Crippen LogP contribution in [0.1, 0.15) is 6.92 Å². The number of hydrogen-bond donors (Lipinski definition) is 0. The number of hydrogen-bond acceptors (Lipinski definition) is 1. The van der Waals surface area contributed by atoms with Crippen molar-refractivity contribution in [1.82, 2.24) is 0 Å². The second-order valence-electron chi connectivity index (χ2n) is 4.52. The molecule has 0 saturated carbocycles. The smallest absolute Gasteiger partial charge is 0.492 e. The van der Waals surface area contributed by atoms with Crippen molar-refractivity contribution < 1.29 is 17.7 Å². The summed E-state index contributed by atoms with van der Waals surface area (Å²) in [6, 6.07) is 9.37. The van der Waals surface area contributed by atoms with Crippen LogP contribution in [0.2, 0.25) is 0 Å². The Labute approximate surface area is 120 Å². The van der Waals surface area contributed by atoms with E-state index in [0.717, 1.165) is 0 Å². The van der Waals surface area contributed by atoms with Crippen LogP contribution in [0.25, 0.3) is 10.8 Å². The summed E-state index contributed by atoms with van der Waals surface area (Å²) in [4.78, 5) is 0. The minimum Gasteiger partial charge on any atom is -0.492 e. The van der Waals surface area contributed by atoms with Gasteiger partial charge >= 0.3 is 6.98 Å². The van der Waals surface area contributed by atoms with Crippen LogP contribution in [0, 0.1) is 0 Å². The fraction of sp³-hybridized carbons (Fsp3) is 0.143. The Morgan fingerprint density at radius 3 is 2.55 bits per heavy atom. The Morgan fingerprint density at radius 1 is 1.20 bits per heavy atom. The summed E-state index contributed by atoms with van der Waals surface area (Å²) in [6.45, 7) is -3.45. The van der Waals surface area contributed by atoms with Crippen molar-refractivity contribution in [2.45, 2.75) is 6.92 Å². The predicted molar refractivity (Wildman–Crippen MR) is 77.8 cm³/mol. The van der Waals surface area contributed by atoms with Crippen molar-refractivity contribution in [3.63, 3.8) is 0 Å². The van der Waals surface area contributed by atoms with Gasteiger partial charge in [0.25, 0.3) is 0 Å². The third kappa shape index (κ3) is 3.10. The van der Waals surface area contributed by atoms with Crippen LogP contribution in [0.5, 0.6) is 5.75 Å². The van der Waals surface area contributed by atoms with E-state index < -0.39 is 12.4 Å². The summed E-state index contributed by atoms with van der Waals surface area (Å²) in [5, 5.41) is 0.698. The lowest BCUT2D eigenvalue weighted by atomic mass is 9.76. The number of ether oxygens (including phenoxy) is 1. The molecule has 0 aromatic heterocycles. The van der Waals surface area contributed by atoms with Gasteiger partial charge in [0.05, 0.1) is 5.75 Å². The van der Waals surface area contributed by atoms with Crippen molar-refractivity contribution in [2.75, 3.05) is 6.61 Å². The highest BCUT2D eigenvalue weighted by Gasteiger charge is 2.31. The van der Waals surface area contributed by atoms with Gasteiger partial charge in [-0.3, -0.25) is 0 Å². The predicted octanol–water partition coefficient (Wildman–Crippen LogP) is 4.42. The maximum atomic E-state index is 13.3. The number of rotatable bonds is 4. The monoisotopic (exact) mass is 299 g/mol. The van der Waals surface area contributed by atoms with Gasteiger partial charge in [0, 0.05) is 5.54 Å². The normalized spacial score (nSPS) is 12.8. The summed E-state index contributed by atoms with van der Waals surface area (Å²) >= 11 is 5.48.